The summed E-state index contributed by atoms with van der Waals surface area (Å²) in [6.07, 6.45) is 2.77. The van der Waals surface area contributed by atoms with Crippen LogP contribution in [0.1, 0.15) is 16.8 Å². The van der Waals surface area contributed by atoms with Gasteiger partial charge in [-0.2, -0.15) is 11.8 Å². The number of rotatable bonds is 5. The lowest BCUT2D eigenvalue weighted by Gasteiger charge is -2.43. The number of thioether (sulfide) groups is 1. The molecule has 132 valence electrons. The van der Waals surface area contributed by atoms with Crippen LogP contribution in [0.5, 0.6) is 0 Å². The van der Waals surface area contributed by atoms with Gasteiger partial charge in [0.15, 0.2) is 0 Å². The summed E-state index contributed by atoms with van der Waals surface area (Å²) in [6.45, 7) is 4.17. The molecule has 6 nitrogen and oxygen atoms in total. The lowest BCUT2D eigenvalue weighted by Crippen LogP contribution is -2.59. The number of hydrogen-bond acceptors (Lipinski definition) is 6. The van der Waals surface area contributed by atoms with E-state index in [1.807, 2.05) is 42.9 Å². The Kier molecular flexibility index (Phi) is 5.63. The smallest absolute Gasteiger partial charge is 0.252 e. The van der Waals surface area contributed by atoms with Crippen molar-refractivity contribution < 1.29 is 9.53 Å². The van der Waals surface area contributed by atoms with E-state index in [0.717, 1.165) is 50.0 Å². The highest BCUT2D eigenvalue weighted by molar-refractivity contribution is 7.99. The molecule has 24 heavy (non-hydrogen) atoms. The van der Waals surface area contributed by atoms with E-state index in [0.29, 0.717) is 12.1 Å². The number of anilines is 1. The van der Waals surface area contributed by atoms with Crippen LogP contribution in [0, 0.1) is 0 Å². The second-order valence-corrected chi connectivity index (χ2v) is 7.71. The first-order chi connectivity index (χ1) is 11.6. The third-order valence-electron chi connectivity index (χ3n) is 4.81. The summed E-state index contributed by atoms with van der Waals surface area (Å²) in [5.41, 5.74) is 0.685. The number of hydrogen-bond donors (Lipinski definition) is 1. The maximum atomic E-state index is 12.5. The molecule has 2 fully saturated rings. The van der Waals surface area contributed by atoms with Crippen molar-refractivity contribution in [2.45, 2.75) is 12.0 Å². The van der Waals surface area contributed by atoms with Crippen LogP contribution in [0.3, 0.4) is 0 Å². The SMILES string of the molecule is CN(C)c1ccc(C(=O)NCC2(N3CCOCC3)CCSC2)cn1. The molecular formula is C17H26N4O2S. The van der Waals surface area contributed by atoms with Crippen LogP contribution in [0.25, 0.3) is 0 Å². The summed E-state index contributed by atoms with van der Waals surface area (Å²) in [6, 6.07) is 3.71. The van der Waals surface area contributed by atoms with Crippen molar-refractivity contribution in [3.8, 4) is 0 Å². The summed E-state index contributed by atoms with van der Waals surface area (Å²) < 4.78 is 5.48. The van der Waals surface area contributed by atoms with E-state index in [1.165, 1.54) is 0 Å². The Morgan fingerprint density at radius 1 is 1.42 bits per heavy atom. The van der Waals surface area contributed by atoms with Crippen LogP contribution in [0.4, 0.5) is 5.82 Å². The molecule has 0 spiro atoms. The van der Waals surface area contributed by atoms with E-state index in [1.54, 1.807) is 6.20 Å². The third-order valence-corrected chi connectivity index (χ3v) is 6.04. The minimum atomic E-state index is -0.0441. The fourth-order valence-corrected chi connectivity index (χ4v) is 4.74. The largest absolute Gasteiger partial charge is 0.379 e. The number of ether oxygens (including phenoxy) is 1. The molecule has 3 rings (SSSR count). The van der Waals surface area contributed by atoms with Gasteiger partial charge in [-0.25, -0.2) is 4.98 Å². The van der Waals surface area contributed by atoms with E-state index in [9.17, 15) is 4.79 Å². The number of amides is 1. The van der Waals surface area contributed by atoms with Gasteiger partial charge in [-0.15, -0.1) is 0 Å². The van der Waals surface area contributed by atoms with Gasteiger partial charge in [-0.1, -0.05) is 0 Å². The zero-order valence-corrected chi connectivity index (χ0v) is 15.3. The maximum Gasteiger partial charge on any atom is 0.252 e. The Hall–Kier alpha value is -1.31. The molecule has 0 aromatic carbocycles. The van der Waals surface area contributed by atoms with Crippen LogP contribution >= 0.6 is 11.8 Å². The minimum Gasteiger partial charge on any atom is -0.379 e. The first kappa shape index (κ1) is 17.5. The Morgan fingerprint density at radius 3 is 2.79 bits per heavy atom. The van der Waals surface area contributed by atoms with Crippen molar-refractivity contribution >= 4 is 23.5 Å². The highest BCUT2D eigenvalue weighted by Gasteiger charge is 2.40. The highest BCUT2D eigenvalue weighted by atomic mass is 32.2. The zero-order chi connectivity index (χ0) is 17.0. The quantitative estimate of drug-likeness (QED) is 0.858. The number of morpholine rings is 1. The molecule has 7 heteroatoms. The fourth-order valence-electron chi connectivity index (χ4n) is 3.27. The molecule has 3 heterocycles. The van der Waals surface area contributed by atoms with Gasteiger partial charge in [0.05, 0.1) is 18.8 Å². The van der Waals surface area contributed by atoms with Crippen molar-refractivity contribution in [2.75, 3.05) is 63.3 Å². The average molecular weight is 350 g/mol. The van der Waals surface area contributed by atoms with Crippen LogP contribution < -0.4 is 10.2 Å². The van der Waals surface area contributed by atoms with Gasteiger partial charge in [-0.05, 0) is 24.3 Å². The predicted octanol–water partition coefficient (Wildman–Crippen LogP) is 1.09. The second-order valence-electron chi connectivity index (χ2n) is 6.61. The van der Waals surface area contributed by atoms with E-state index in [-0.39, 0.29) is 11.4 Å². The minimum absolute atomic E-state index is 0.0441. The van der Waals surface area contributed by atoms with Gasteiger partial charge in [0, 0.05) is 51.2 Å². The molecular weight excluding hydrogens is 324 g/mol. The first-order valence-electron chi connectivity index (χ1n) is 8.43. The summed E-state index contributed by atoms with van der Waals surface area (Å²) in [7, 11) is 3.87. The Morgan fingerprint density at radius 2 is 2.21 bits per heavy atom. The molecule has 1 amide bonds. The standard InChI is InChI=1S/C17H26N4O2S/c1-20(2)15-4-3-14(11-18-15)16(22)19-12-17(5-10-24-13-17)21-6-8-23-9-7-21/h3-4,11H,5-10,12-13H2,1-2H3,(H,19,22). The molecule has 2 aliphatic rings. The van der Waals surface area contributed by atoms with Gasteiger partial charge >= 0.3 is 0 Å². The van der Waals surface area contributed by atoms with Crippen LogP contribution in [-0.4, -0.2) is 79.8 Å². The molecule has 0 bridgehead atoms. The fraction of sp³-hybridized carbons (Fsp3) is 0.647. The molecule has 1 atom stereocenters. The Bertz CT molecular complexity index is 552. The Labute approximate surface area is 147 Å². The van der Waals surface area contributed by atoms with Crippen molar-refractivity contribution in [2.24, 2.45) is 0 Å². The summed E-state index contributed by atoms with van der Waals surface area (Å²) >= 11 is 1.98. The molecule has 0 saturated carbocycles. The topological polar surface area (TPSA) is 57.7 Å². The third kappa shape index (κ3) is 3.84. The lowest BCUT2D eigenvalue weighted by molar-refractivity contribution is -0.0129. The van der Waals surface area contributed by atoms with Gasteiger partial charge in [-0.3, -0.25) is 9.69 Å². The number of pyridine rings is 1. The second kappa shape index (κ2) is 7.72. The van der Waals surface area contributed by atoms with E-state index in [4.69, 9.17) is 4.74 Å². The van der Waals surface area contributed by atoms with Crippen molar-refractivity contribution in [1.82, 2.24) is 15.2 Å². The number of aromatic nitrogens is 1. The zero-order valence-electron chi connectivity index (χ0n) is 14.5. The molecule has 2 aliphatic heterocycles. The molecule has 1 aromatic rings. The van der Waals surface area contributed by atoms with Gasteiger partial charge in [0.1, 0.15) is 5.82 Å². The maximum absolute atomic E-state index is 12.5. The van der Waals surface area contributed by atoms with Crippen LogP contribution in [0.15, 0.2) is 18.3 Å². The normalized spacial score (nSPS) is 24.8. The van der Waals surface area contributed by atoms with Crippen molar-refractivity contribution in [3.05, 3.63) is 23.9 Å². The first-order valence-corrected chi connectivity index (χ1v) is 9.58. The summed E-state index contributed by atoms with van der Waals surface area (Å²) in [5, 5.41) is 3.14. The molecule has 2 saturated heterocycles. The van der Waals surface area contributed by atoms with Gasteiger partial charge in [0.2, 0.25) is 0 Å². The number of carbonyl (C=O) groups is 1. The molecule has 1 N–H and O–H groups in total. The van der Waals surface area contributed by atoms with Gasteiger partial charge < -0.3 is 15.0 Å². The van der Waals surface area contributed by atoms with E-state index < -0.39 is 0 Å². The van der Waals surface area contributed by atoms with Gasteiger partial charge in [0.25, 0.3) is 5.91 Å². The highest BCUT2D eigenvalue weighted by Crippen LogP contribution is 2.33. The monoisotopic (exact) mass is 350 g/mol. The number of nitrogens with one attached hydrogen (secondary N) is 1. The Balaban J connectivity index is 1.62. The van der Waals surface area contributed by atoms with E-state index >= 15 is 0 Å². The molecule has 1 aromatic heterocycles. The lowest BCUT2D eigenvalue weighted by atomic mass is 9.95. The predicted molar refractivity (Wildman–Crippen MR) is 98.0 cm³/mol. The van der Waals surface area contributed by atoms with Crippen LogP contribution in [0.2, 0.25) is 0 Å². The summed E-state index contributed by atoms with van der Waals surface area (Å²) in [4.78, 5) is 21.2. The van der Waals surface area contributed by atoms with Crippen LogP contribution in [-0.2, 0) is 4.74 Å². The molecule has 0 radical (unpaired) electrons. The molecule has 1 unspecified atom stereocenters. The molecule has 0 aliphatic carbocycles. The number of carbonyl (C=O) groups excluding carboxylic acids is 1. The average Bonchev–Trinajstić information content (AvgIpc) is 3.11. The van der Waals surface area contributed by atoms with E-state index in [2.05, 4.69) is 15.2 Å². The summed E-state index contributed by atoms with van der Waals surface area (Å²) in [5.74, 6) is 3.04. The van der Waals surface area contributed by atoms with Crippen molar-refractivity contribution in [3.63, 3.8) is 0 Å². The number of nitrogens with zero attached hydrogens (tertiary/aromatic N) is 3. The van der Waals surface area contributed by atoms with Crippen molar-refractivity contribution in [1.29, 1.82) is 0 Å².